The van der Waals surface area contributed by atoms with E-state index in [4.69, 9.17) is 4.42 Å². The monoisotopic (exact) mass is 282 g/mol. The zero-order valence-electron chi connectivity index (χ0n) is 10.5. The number of aliphatic hydroxyl groups excluding tert-OH is 1. The summed E-state index contributed by atoms with van der Waals surface area (Å²) in [4.78, 5) is 11.2. The van der Waals surface area contributed by atoms with Gasteiger partial charge in [0, 0.05) is 5.56 Å². The van der Waals surface area contributed by atoms with Crippen LogP contribution >= 0.6 is 0 Å². The van der Waals surface area contributed by atoms with Crippen LogP contribution in [0.1, 0.15) is 40.0 Å². The Kier molecular flexibility index (Phi) is 4.14. The Labute approximate surface area is 113 Å². The van der Waals surface area contributed by atoms with E-state index in [0.29, 0.717) is 5.56 Å². The van der Waals surface area contributed by atoms with Crippen LogP contribution in [0.5, 0.6) is 0 Å². The number of esters is 1. The summed E-state index contributed by atoms with van der Waals surface area (Å²) < 4.78 is 34.5. The SMILES string of the molecule is COC(=O)c1ccc(C(O)c2ccc(C(F)F)cc2)o1. The Balaban J connectivity index is 2.20. The zero-order valence-corrected chi connectivity index (χ0v) is 10.5. The van der Waals surface area contributed by atoms with Gasteiger partial charge in [-0.05, 0) is 17.7 Å². The molecule has 0 aliphatic rings. The van der Waals surface area contributed by atoms with Gasteiger partial charge < -0.3 is 14.3 Å². The minimum atomic E-state index is -2.56. The third-order valence-corrected chi connectivity index (χ3v) is 2.79. The number of hydrogen-bond donors (Lipinski definition) is 1. The van der Waals surface area contributed by atoms with Crippen molar-refractivity contribution >= 4 is 5.97 Å². The molecule has 0 aliphatic heterocycles. The fraction of sp³-hybridized carbons (Fsp3) is 0.214. The number of benzene rings is 1. The maximum atomic E-state index is 12.4. The van der Waals surface area contributed by atoms with Crippen molar-refractivity contribution in [1.29, 1.82) is 0 Å². The van der Waals surface area contributed by atoms with Crippen LogP contribution in [-0.4, -0.2) is 18.2 Å². The minimum Gasteiger partial charge on any atom is -0.463 e. The first kappa shape index (κ1) is 14.2. The number of ether oxygens (including phenoxy) is 1. The second-order valence-corrected chi connectivity index (χ2v) is 4.06. The quantitative estimate of drug-likeness (QED) is 0.875. The number of rotatable bonds is 4. The summed E-state index contributed by atoms with van der Waals surface area (Å²) in [6.07, 6.45) is -3.70. The van der Waals surface area contributed by atoms with Gasteiger partial charge in [0.15, 0.2) is 0 Å². The van der Waals surface area contributed by atoms with Crippen molar-refractivity contribution in [3.05, 3.63) is 59.0 Å². The van der Waals surface area contributed by atoms with Crippen molar-refractivity contribution in [3.8, 4) is 0 Å². The predicted molar refractivity (Wildman–Crippen MR) is 65.5 cm³/mol. The van der Waals surface area contributed by atoms with E-state index in [1.807, 2.05) is 0 Å². The fourth-order valence-electron chi connectivity index (χ4n) is 1.70. The molecule has 0 saturated heterocycles. The highest BCUT2D eigenvalue weighted by Crippen LogP contribution is 2.26. The van der Waals surface area contributed by atoms with Crippen LogP contribution in [0.3, 0.4) is 0 Å². The molecule has 1 unspecified atom stereocenters. The second-order valence-electron chi connectivity index (χ2n) is 4.06. The molecule has 0 bridgehead atoms. The van der Waals surface area contributed by atoms with Crippen molar-refractivity contribution in [3.63, 3.8) is 0 Å². The van der Waals surface area contributed by atoms with Crippen molar-refractivity contribution in [2.45, 2.75) is 12.5 Å². The number of methoxy groups -OCH3 is 1. The summed E-state index contributed by atoms with van der Waals surface area (Å²) in [6, 6.07) is 8.02. The fourth-order valence-corrected chi connectivity index (χ4v) is 1.70. The van der Waals surface area contributed by atoms with Crippen molar-refractivity contribution in [2.24, 2.45) is 0 Å². The lowest BCUT2D eigenvalue weighted by Crippen LogP contribution is -2.00. The molecule has 1 aromatic heterocycles. The van der Waals surface area contributed by atoms with Gasteiger partial charge in [-0.2, -0.15) is 0 Å². The standard InChI is InChI=1S/C14H12F2O4/c1-19-14(18)11-7-6-10(20-11)12(17)8-2-4-9(5-3-8)13(15)16/h2-7,12-13,17H,1H3. The molecule has 1 aromatic carbocycles. The van der Waals surface area contributed by atoms with Crippen molar-refractivity contribution in [2.75, 3.05) is 7.11 Å². The average Bonchev–Trinajstić information content (AvgIpc) is 2.95. The van der Waals surface area contributed by atoms with Crippen LogP contribution in [0.25, 0.3) is 0 Å². The van der Waals surface area contributed by atoms with Gasteiger partial charge in [0.25, 0.3) is 6.43 Å². The molecular weight excluding hydrogens is 270 g/mol. The Morgan fingerprint density at radius 2 is 1.75 bits per heavy atom. The number of alkyl halides is 2. The predicted octanol–water partition coefficient (Wildman–Crippen LogP) is 3.09. The van der Waals surface area contributed by atoms with E-state index >= 15 is 0 Å². The topological polar surface area (TPSA) is 59.7 Å². The molecular formula is C14H12F2O4. The lowest BCUT2D eigenvalue weighted by molar-refractivity contribution is 0.0558. The Morgan fingerprint density at radius 1 is 1.15 bits per heavy atom. The molecule has 1 atom stereocenters. The molecule has 1 heterocycles. The number of carbonyl (C=O) groups is 1. The van der Waals surface area contributed by atoms with Gasteiger partial charge in [0.1, 0.15) is 11.9 Å². The van der Waals surface area contributed by atoms with E-state index in [1.165, 1.54) is 43.5 Å². The highest BCUT2D eigenvalue weighted by molar-refractivity contribution is 5.86. The molecule has 1 N–H and O–H groups in total. The minimum absolute atomic E-state index is 0.0363. The summed E-state index contributed by atoms with van der Waals surface area (Å²) >= 11 is 0. The van der Waals surface area contributed by atoms with Crippen LogP contribution in [0.2, 0.25) is 0 Å². The summed E-state index contributed by atoms with van der Waals surface area (Å²) in [6.45, 7) is 0. The van der Waals surface area contributed by atoms with Gasteiger partial charge in [-0.25, -0.2) is 13.6 Å². The van der Waals surface area contributed by atoms with Gasteiger partial charge in [-0.3, -0.25) is 0 Å². The van der Waals surface area contributed by atoms with Gasteiger partial charge >= 0.3 is 5.97 Å². The molecule has 0 amide bonds. The van der Waals surface area contributed by atoms with Crippen LogP contribution in [0.15, 0.2) is 40.8 Å². The lowest BCUT2D eigenvalue weighted by atomic mass is 10.1. The van der Waals surface area contributed by atoms with Gasteiger partial charge in [-0.15, -0.1) is 0 Å². The first-order chi connectivity index (χ1) is 9.52. The average molecular weight is 282 g/mol. The molecule has 0 fully saturated rings. The largest absolute Gasteiger partial charge is 0.463 e. The zero-order chi connectivity index (χ0) is 14.7. The lowest BCUT2D eigenvalue weighted by Gasteiger charge is -2.09. The van der Waals surface area contributed by atoms with Crippen LogP contribution < -0.4 is 0 Å². The number of furan rings is 1. The molecule has 0 saturated carbocycles. The normalized spacial score (nSPS) is 12.4. The summed E-state index contributed by atoms with van der Waals surface area (Å²) in [5.74, 6) is -0.558. The summed E-state index contributed by atoms with van der Waals surface area (Å²) in [5, 5.41) is 10.1. The van der Waals surface area contributed by atoms with E-state index in [-0.39, 0.29) is 17.1 Å². The molecule has 0 radical (unpaired) electrons. The third kappa shape index (κ3) is 2.85. The molecule has 0 spiro atoms. The second kappa shape index (κ2) is 5.83. The van der Waals surface area contributed by atoms with Crippen LogP contribution in [0.4, 0.5) is 8.78 Å². The third-order valence-electron chi connectivity index (χ3n) is 2.79. The molecule has 2 aromatic rings. The molecule has 4 nitrogen and oxygen atoms in total. The van der Waals surface area contributed by atoms with Crippen LogP contribution in [-0.2, 0) is 4.74 Å². The van der Waals surface area contributed by atoms with E-state index in [1.54, 1.807) is 0 Å². The smallest absolute Gasteiger partial charge is 0.373 e. The maximum Gasteiger partial charge on any atom is 0.373 e. The van der Waals surface area contributed by atoms with Crippen molar-refractivity contribution in [1.82, 2.24) is 0 Å². The number of hydrogen-bond acceptors (Lipinski definition) is 4. The van der Waals surface area contributed by atoms with E-state index in [0.717, 1.165) is 0 Å². The highest BCUT2D eigenvalue weighted by atomic mass is 19.3. The summed E-state index contributed by atoms with van der Waals surface area (Å²) in [7, 11) is 1.21. The molecule has 2 rings (SSSR count). The molecule has 20 heavy (non-hydrogen) atoms. The number of aliphatic hydroxyl groups is 1. The van der Waals surface area contributed by atoms with Crippen LogP contribution in [0, 0.1) is 0 Å². The Hall–Kier alpha value is -2.21. The number of carbonyl (C=O) groups excluding carboxylic acids is 1. The van der Waals surface area contributed by atoms with Gasteiger partial charge in [0.05, 0.1) is 7.11 Å². The Morgan fingerprint density at radius 3 is 2.30 bits per heavy atom. The van der Waals surface area contributed by atoms with Gasteiger partial charge in [0.2, 0.25) is 5.76 Å². The molecule has 6 heteroatoms. The van der Waals surface area contributed by atoms with E-state index in [2.05, 4.69) is 4.74 Å². The maximum absolute atomic E-state index is 12.4. The van der Waals surface area contributed by atoms with E-state index < -0.39 is 18.5 Å². The first-order valence-electron chi connectivity index (χ1n) is 5.77. The first-order valence-corrected chi connectivity index (χ1v) is 5.77. The molecule has 106 valence electrons. The van der Waals surface area contributed by atoms with Crippen molar-refractivity contribution < 1.29 is 27.8 Å². The van der Waals surface area contributed by atoms with E-state index in [9.17, 15) is 18.7 Å². The summed E-state index contributed by atoms with van der Waals surface area (Å²) in [5.41, 5.74) is 0.260. The van der Waals surface area contributed by atoms with Gasteiger partial charge in [-0.1, -0.05) is 24.3 Å². The molecule has 0 aliphatic carbocycles. The Bertz CT molecular complexity index is 589. The number of halogens is 2. The highest BCUT2D eigenvalue weighted by Gasteiger charge is 2.18.